The zero-order valence-electron chi connectivity index (χ0n) is 14.0. The van der Waals surface area contributed by atoms with Crippen LogP contribution in [-0.2, 0) is 12.8 Å². The lowest BCUT2D eigenvalue weighted by Crippen LogP contribution is -2.23. The van der Waals surface area contributed by atoms with Gasteiger partial charge in [0, 0.05) is 17.0 Å². The highest BCUT2D eigenvalue weighted by Crippen LogP contribution is 2.38. The number of hydrogen-bond acceptors (Lipinski definition) is 5. The molecule has 0 bridgehead atoms. The topological polar surface area (TPSA) is 114 Å². The summed E-state index contributed by atoms with van der Waals surface area (Å²) in [5.41, 5.74) is 6.84. The van der Waals surface area contributed by atoms with Gasteiger partial charge in [-0.3, -0.25) is 10.1 Å². The maximum atomic E-state index is 12.2. The second kappa shape index (κ2) is 7.89. The first kappa shape index (κ1) is 19.1. The molecule has 5 N–H and O–H groups in total. The molecule has 1 aromatic carbocycles. The van der Waals surface area contributed by atoms with E-state index in [1.165, 1.54) is 35.6 Å². The van der Waals surface area contributed by atoms with E-state index in [1.54, 1.807) is 0 Å². The standard InChI is InChI=1S/C17H17F2N3O4S/c18-16(19)26-10-4-1-8(2-5-10)21-17(25)22-15-13(14(20)24)11-6-3-9(23)7-12(11)27-15/h1-2,4-5,9,16,23H,3,6-7H2,(H2,20,24)(H2,21,22,25). The molecule has 3 rings (SSSR count). The van der Waals surface area contributed by atoms with Gasteiger partial charge in [0.25, 0.3) is 5.91 Å². The van der Waals surface area contributed by atoms with Crippen molar-refractivity contribution < 1.29 is 28.2 Å². The first-order chi connectivity index (χ1) is 12.8. The van der Waals surface area contributed by atoms with Crippen molar-refractivity contribution >= 4 is 34.0 Å². The van der Waals surface area contributed by atoms with Gasteiger partial charge < -0.3 is 20.9 Å². The number of primary amides is 1. The average molecular weight is 397 g/mol. The molecule has 10 heteroatoms. The summed E-state index contributed by atoms with van der Waals surface area (Å²) in [6, 6.07) is 4.78. The van der Waals surface area contributed by atoms with Crippen LogP contribution in [0.2, 0.25) is 0 Å². The summed E-state index contributed by atoms with van der Waals surface area (Å²) in [7, 11) is 0. The van der Waals surface area contributed by atoms with E-state index >= 15 is 0 Å². The lowest BCUT2D eigenvalue weighted by atomic mass is 9.93. The van der Waals surface area contributed by atoms with Gasteiger partial charge in [0.1, 0.15) is 10.8 Å². The summed E-state index contributed by atoms with van der Waals surface area (Å²) in [6.45, 7) is -2.93. The van der Waals surface area contributed by atoms with Crippen molar-refractivity contribution in [3.8, 4) is 5.75 Å². The highest BCUT2D eigenvalue weighted by Gasteiger charge is 2.27. The van der Waals surface area contributed by atoms with E-state index in [0.717, 1.165) is 10.4 Å². The van der Waals surface area contributed by atoms with Crippen LogP contribution in [0.3, 0.4) is 0 Å². The van der Waals surface area contributed by atoms with Crippen molar-refractivity contribution in [3.63, 3.8) is 0 Å². The van der Waals surface area contributed by atoms with Crippen molar-refractivity contribution in [2.45, 2.75) is 32.0 Å². The number of carbonyl (C=O) groups is 2. The zero-order chi connectivity index (χ0) is 19.6. The van der Waals surface area contributed by atoms with E-state index < -0.39 is 24.7 Å². The number of anilines is 2. The van der Waals surface area contributed by atoms with E-state index in [-0.39, 0.29) is 11.3 Å². The van der Waals surface area contributed by atoms with Crippen molar-refractivity contribution in [1.29, 1.82) is 0 Å². The molecule has 27 heavy (non-hydrogen) atoms. The fourth-order valence-corrected chi connectivity index (χ4v) is 4.22. The number of nitrogens with two attached hydrogens (primary N) is 1. The molecule has 2 aromatic rings. The van der Waals surface area contributed by atoms with Crippen molar-refractivity contribution in [3.05, 3.63) is 40.3 Å². The monoisotopic (exact) mass is 397 g/mol. The summed E-state index contributed by atoms with van der Waals surface area (Å²) in [5.74, 6) is -0.677. The fourth-order valence-electron chi connectivity index (χ4n) is 2.90. The Morgan fingerprint density at radius 1 is 1.26 bits per heavy atom. The number of halogens is 2. The third-order valence-electron chi connectivity index (χ3n) is 4.05. The molecule has 0 saturated heterocycles. The lowest BCUT2D eigenvalue weighted by molar-refractivity contribution is -0.0498. The number of amides is 3. The summed E-state index contributed by atoms with van der Waals surface area (Å²) < 4.78 is 28.5. The molecule has 1 aromatic heterocycles. The number of ether oxygens (including phenoxy) is 1. The van der Waals surface area contributed by atoms with Gasteiger partial charge in [0.15, 0.2) is 0 Å². The van der Waals surface area contributed by atoms with Crippen LogP contribution in [0.5, 0.6) is 5.75 Å². The Morgan fingerprint density at radius 2 is 1.96 bits per heavy atom. The molecule has 1 atom stereocenters. The molecule has 1 aliphatic rings. The van der Waals surface area contributed by atoms with E-state index in [9.17, 15) is 23.5 Å². The molecule has 0 spiro atoms. The SMILES string of the molecule is NC(=O)c1c(NC(=O)Nc2ccc(OC(F)F)cc2)sc2c1CCC(O)C2. The Labute approximate surface area is 157 Å². The minimum absolute atomic E-state index is 0.0311. The predicted molar refractivity (Wildman–Crippen MR) is 96.6 cm³/mol. The second-order valence-corrected chi connectivity index (χ2v) is 7.06. The highest BCUT2D eigenvalue weighted by molar-refractivity contribution is 7.17. The van der Waals surface area contributed by atoms with E-state index in [4.69, 9.17) is 5.73 Å². The molecular weight excluding hydrogens is 380 g/mol. The van der Waals surface area contributed by atoms with Crippen LogP contribution in [0.15, 0.2) is 24.3 Å². The number of benzene rings is 1. The molecule has 3 amide bonds. The number of alkyl halides is 2. The maximum absolute atomic E-state index is 12.2. The van der Waals surface area contributed by atoms with Crippen LogP contribution in [0.1, 0.15) is 27.2 Å². The summed E-state index contributed by atoms with van der Waals surface area (Å²) in [6.07, 6.45) is 0.977. The van der Waals surface area contributed by atoms with E-state index in [2.05, 4.69) is 15.4 Å². The van der Waals surface area contributed by atoms with Crippen LogP contribution < -0.4 is 21.1 Å². The van der Waals surface area contributed by atoms with Gasteiger partial charge in [0.2, 0.25) is 0 Å². The molecule has 0 saturated carbocycles. The van der Waals surface area contributed by atoms with Crippen LogP contribution in [0.25, 0.3) is 0 Å². The second-order valence-electron chi connectivity index (χ2n) is 5.95. The molecule has 1 aliphatic carbocycles. The normalized spacial score (nSPS) is 15.9. The quantitative estimate of drug-likeness (QED) is 0.621. The molecule has 1 heterocycles. The van der Waals surface area contributed by atoms with Crippen LogP contribution >= 0.6 is 11.3 Å². The number of aliphatic hydroxyl groups is 1. The molecule has 0 aliphatic heterocycles. The van der Waals surface area contributed by atoms with Crippen LogP contribution in [0.4, 0.5) is 24.3 Å². The molecule has 7 nitrogen and oxygen atoms in total. The van der Waals surface area contributed by atoms with Crippen molar-refractivity contribution in [1.82, 2.24) is 0 Å². The first-order valence-corrected chi connectivity index (χ1v) is 8.90. The molecule has 0 radical (unpaired) electrons. The maximum Gasteiger partial charge on any atom is 0.387 e. The Bertz CT molecular complexity index is 855. The fraction of sp³-hybridized carbons (Fsp3) is 0.294. The Hall–Kier alpha value is -2.72. The molecule has 0 fully saturated rings. The lowest BCUT2D eigenvalue weighted by Gasteiger charge is -2.17. The number of thiophene rings is 1. The third kappa shape index (κ3) is 4.52. The van der Waals surface area contributed by atoms with Crippen LogP contribution in [-0.4, -0.2) is 29.8 Å². The Balaban J connectivity index is 1.71. The Morgan fingerprint density at radius 3 is 2.59 bits per heavy atom. The van der Waals surface area contributed by atoms with Gasteiger partial charge in [-0.15, -0.1) is 11.3 Å². The average Bonchev–Trinajstić information content (AvgIpc) is 2.92. The minimum atomic E-state index is -2.93. The molecule has 144 valence electrons. The number of hydrogen-bond donors (Lipinski definition) is 4. The summed E-state index contributed by atoms with van der Waals surface area (Å²) in [5, 5.41) is 15.2. The van der Waals surface area contributed by atoms with Gasteiger partial charge in [-0.1, -0.05) is 0 Å². The van der Waals surface area contributed by atoms with E-state index in [0.29, 0.717) is 30.0 Å². The van der Waals surface area contributed by atoms with Gasteiger partial charge in [-0.05, 0) is 42.7 Å². The van der Waals surface area contributed by atoms with Crippen molar-refractivity contribution in [2.75, 3.05) is 10.6 Å². The smallest absolute Gasteiger partial charge is 0.387 e. The first-order valence-electron chi connectivity index (χ1n) is 8.08. The largest absolute Gasteiger partial charge is 0.435 e. The molecule has 1 unspecified atom stereocenters. The van der Waals surface area contributed by atoms with Gasteiger partial charge >= 0.3 is 12.6 Å². The van der Waals surface area contributed by atoms with Gasteiger partial charge in [0.05, 0.1) is 11.7 Å². The number of nitrogens with one attached hydrogen (secondary N) is 2. The number of rotatable bonds is 5. The number of urea groups is 1. The predicted octanol–water partition coefficient (Wildman–Crippen LogP) is 2.94. The number of aliphatic hydroxyl groups excluding tert-OH is 1. The number of carbonyl (C=O) groups excluding carboxylic acids is 2. The number of fused-ring (bicyclic) bond motifs is 1. The van der Waals surface area contributed by atoms with Gasteiger partial charge in [-0.2, -0.15) is 8.78 Å². The third-order valence-corrected chi connectivity index (χ3v) is 5.22. The highest BCUT2D eigenvalue weighted by atomic mass is 32.1. The zero-order valence-corrected chi connectivity index (χ0v) is 14.8. The summed E-state index contributed by atoms with van der Waals surface area (Å²) >= 11 is 1.21. The Kier molecular flexibility index (Phi) is 5.57. The molecular formula is C17H17F2N3O4S. The minimum Gasteiger partial charge on any atom is -0.435 e. The van der Waals surface area contributed by atoms with Crippen LogP contribution in [0, 0.1) is 0 Å². The van der Waals surface area contributed by atoms with Gasteiger partial charge in [-0.25, -0.2) is 4.79 Å². The summed E-state index contributed by atoms with van der Waals surface area (Å²) in [4.78, 5) is 24.9. The van der Waals surface area contributed by atoms with E-state index in [1.807, 2.05) is 0 Å². The van der Waals surface area contributed by atoms with Crippen molar-refractivity contribution in [2.24, 2.45) is 5.73 Å².